The van der Waals surface area contributed by atoms with Crippen LogP contribution in [0.5, 0.6) is 0 Å². The van der Waals surface area contributed by atoms with Crippen molar-refractivity contribution in [3.63, 3.8) is 0 Å². The van der Waals surface area contributed by atoms with Crippen molar-refractivity contribution in [3.8, 4) is 0 Å². The van der Waals surface area contributed by atoms with E-state index in [2.05, 4.69) is 47.9 Å². The van der Waals surface area contributed by atoms with Crippen LogP contribution >= 0.6 is 23.8 Å². The van der Waals surface area contributed by atoms with Crippen molar-refractivity contribution in [2.75, 3.05) is 0 Å². The summed E-state index contributed by atoms with van der Waals surface area (Å²) in [5, 5.41) is 7.84. The van der Waals surface area contributed by atoms with Gasteiger partial charge in [-0.05, 0) is 48.5 Å². The maximum absolute atomic E-state index is 5.94. The van der Waals surface area contributed by atoms with Crippen LogP contribution in [-0.4, -0.2) is 5.11 Å². The van der Waals surface area contributed by atoms with E-state index >= 15 is 0 Å². The lowest BCUT2D eigenvalue weighted by Crippen LogP contribution is -2.40. The highest BCUT2D eigenvalue weighted by molar-refractivity contribution is 7.80. The van der Waals surface area contributed by atoms with Gasteiger partial charge in [0.25, 0.3) is 0 Å². The van der Waals surface area contributed by atoms with E-state index in [0.717, 1.165) is 16.3 Å². The lowest BCUT2D eigenvalue weighted by molar-refractivity contribution is 0.765. The Morgan fingerprint density at radius 3 is 2.33 bits per heavy atom. The lowest BCUT2D eigenvalue weighted by atomic mass is 10.0. The Morgan fingerprint density at radius 2 is 1.67 bits per heavy atom. The summed E-state index contributed by atoms with van der Waals surface area (Å²) in [6.45, 7) is 2.08. The molecular weight excluding hydrogens is 300 g/mol. The van der Waals surface area contributed by atoms with E-state index in [1.54, 1.807) is 0 Å². The van der Waals surface area contributed by atoms with Gasteiger partial charge >= 0.3 is 0 Å². The van der Waals surface area contributed by atoms with Crippen molar-refractivity contribution in [1.82, 2.24) is 10.6 Å². The Labute approximate surface area is 134 Å². The highest BCUT2D eigenvalue weighted by atomic mass is 35.5. The molecule has 0 bridgehead atoms. The van der Waals surface area contributed by atoms with Crippen molar-refractivity contribution in [2.45, 2.75) is 13.0 Å². The van der Waals surface area contributed by atoms with Crippen molar-refractivity contribution in [2.24, 2.45) is 0 Å². The smallest absolute Gasteiger partial charge is 0.171 e. The van der Waals surface area contributed by atoms with Crippen molar-refractivity contribution in [1.29, 1.82) is 0 Å². The molecule has 0 spiro atoms. The number of nitrogens with one attached hydrogen (secondary N) is 2. The second-order valence-electron chi connectivity index (χ2n) is 5.07. The van der Waals surface area contributed by atoms with Gasteiger partial charge in [0.2, 0.25) is 0 Å². The zero-order chi connectivity index (χ0) is 14.8. The van der Waals surface area contributed by atoms with E-state index in [4.69, 9.17) is 23.8 Å². The third kappa shape index (κ3) is 3.26. The van der Waals surface area contributed by atoms with Gasteiger partial charge < -0.3 is 10.6 Å². The molecule has 0 saturated heterocycles. The Hall–Kier alpha value is -1.84. The third-order valence-corrected chi connectivity index (χ3v) is 3.93. The molecule has 0 aliphatic carbocycles. The molecule has 21 heavy (non-hydrogen) atoms. The number of thiocarbonyl (C=S) groups is 1. The van der Waals surface area contributed by atoms with Crippen LogP contribution in [0.25, 0.3) is 5.70 Å². The van der Waals surface area contributed by atoms with Crippen LogP contribution in [0, 0.1) is 6.92 Å². The first-order chi connectivity index (χ1) is 10.1. The van der Waals surface area contributed by atoms with Crippen LogP contribution in [0.15, 0.2) is 54.6 Å². The summed E-state index contributed by atoms with van der Waals surface area (Å²) in [5.41, 5.74) is 4.51. The number of benzene rings is 2. The zero-order valence-corrected chi connectivity index (χ0v) is 13.1. The minimum Gasteiger partial charge on any atom is -0.352 e. The summed E-state index contributed by atoms with van der Waals surface area (Å²) in [6, 6.07) is 16.3. The Kier molecular flexibility index (Phi) is 3.95. The van der Waals surface area contributed by atoms with Crippen LogP contribution in [-0.2, 0) is 0 Å². The van der Waals surface area contributed by atoms with E-state index in [9.17, 15) is 0 Å². The van der Waals surface area contributed by atoms with Gasteiger partial charge in [0.15, 0.2) is 5.11 Å². The average Bonchev–Trinajstić information content (AvgIpc) is 2.48. The molecule has 0 saturated carbocycles. The standard InChI is InChI=1S/C17H15ClN2S/c1-11-2-4-12(5-3-11)15-10-16(20-17(21)19-15)13-6-8-14(18)9-7-13/h2-10,15H,1H3,(H2,19,20,21)/t15-/m0/s1. The summed E-state index contributed by atoms with van der Waals surface area (Å²) < 4.78 is 0. The molecule has 2 N–H and O–H groups in total. The molecule has 1 aliphatic heterocycles. The van der Waals surface area contributed by atoms with Gasteiger partial charge in [-0.25, -0.2) is 0 Å². The molecule has 2 aromatic carbocycles. The van der Waals surface area contributed by atoms with E-state index in [-0.39, 0.29) is 6.04 Å². The van der Waals surface area contributed by atoms with Gasteiger partial charge in [-0.2, -0.15) is 0 Å². The van der Waals surface area contributed by atoms with Gasteiger partial charge in [-0.1, -0.05) is 53.6 Å². The van der Waals surface area contributed by atoms with Gasteiger partial charge in [-0.3, -0.25) is 0 Å². The first-order valence-corrected chi connectivity index (χ1v) is 7.52. The summed E-state index contributed by atoms with van der Waals surface area (Å²) >= 11 is 11.3. The highest BCUT2D eigenvalue weighted by Gasteiger charge is 2.18. The quantitative estimate of drug-likeness (QED) is 0.812. The SMILES string of the molecule is Cc1ccc([C@@H]2C=C(c3ccc(Cl)cc3)NC(=S)N2)cc1. The molecular formula is C17H15ClN2S. The highest BCUT2D eigenvalue weighted by Crippen LogP contribution is 2.24. The monoisotopic (exact) mass is 314 g/mol. The zero-order valence-electron chi connectivity index (χ0n) is 11.6. The van der Waals surface area contributed by atoms with Gasteiger partial charge in [-0.15, -0.1) is 0 Å². The fourth-order valence-corrected chi connectivity index (χ4v) is 2.66. The molecule has 2 nitrogen and oxygen atoms in total. The largest absolute Gasteiger partial charge is 0.352 e. The molecule has 0 radical (unpaired) electrons. The Morgan fingerprint density at radius 1 is 1.00 bits per heavy atom. The molecule has 2 aromatic rings. The Balaban J connectivity index is 1.95. The van der Waals surface area contributed by atoms with Crippen molar-refractivity contribution in [3.05, 3.63) is 76.3 Å². The number of halogens is 1. The topological polar surface area (TPSA) is 24.1 Å². The second kappa shape index (κ2) is 5.88. The number of hydrogen-bond acceptors (Lipinski definition) is 1. The molecule has 106 valence electrons. The van der Waals surface area contributed by atoms with Crippen molar-refractivity contribution < 1.29 is 0 Å². The lowest BCUT2D eigenvalue weighted by Gasteiger charge is -2.26. The van der Waals surface area contributed by atoms with Crippen LogP contribution in [0.1, 0.15) is 22.7 Å². The maximum atomic E-state index is 5.94. The molecule has 3 rings (SSSR count). The first kappa shape index (κ1) is 14.1. The van der Waals surface area contributed by atoms with E-state index in [0.29, 0.717) is 5.11 Å². The third-order valence-electron chi connectivity index (χ3n) is 3.46. The van der Waals surface area contributed by atoms with Crippen molar-refractivity contribution >= 4 is 34.6 Å². The van der Waals surface area contributed by atoms with Gasteiger partial charge in [0, 0.05) is 10.7 Å². The molecule has 1 heterocycles. The van der Waals surface area contributed by atoms with Crippen LogP contribution in [0.3, 0.4) is 0 Å². The van der Waals surface area contributed by atoms with E-state index in [1.165, 1.54) is 11.1 Å². The number of hydrogen-bond donors (Lipinski definition) is 2. The number of rotatable bonds is 2. The molecule has 0 unspecified atom stereocenters. The van der Waals surface area contributed by atoms with Gasteiger partial charge in [0.1, 0.15) is 0 Å². The Bertz CT molecular complexity index is 690. The second-order valence-corrected chi connectivity index (χ2v) is 5.92. The summed E-state index contributed by atoms with van der Waals surface area (Å²) in [6.07, 6.45) is 2.14. The average molecular weight is 315 g/mol. The van der Waals surface area contributed by atoms with Crippen LogP contribution in [0.4, 0.5) is 0 Å². The van der Waals surface area contributed by atoms with E-state index < -0.39 is 0 Å². The van der Waals surface area contributed by atoms with Crippen LogP contribution in [0.2, 0.25) is 5.02 Å². The molecule has 1 atom stereocenters. The summed E-state index contributed by atoms with van der Waals surface area (Å²) in [5.74, 6) is 0. The first-order valence-electron chi connectivity index (χ1n) is 6.74. The minimum absolute atomic E-state index is 0.0741. The van der Waals surface area contributed by atoms with Gasteiger partial charge in [0.05, 0.1) is 6.04 Å². The molecule has 0 amide bonds. The molecule has 0 fully saturated rings. The molecule has 1 aliphatic rings. The fraction of sp³-hybridized carbons (Fsp3) is 0.118. The normalized spacial score (nSPS) is 17.7. The van der Waals surface area contributed by atoms with E-state index in [1.807, 2.05) is 24.3 Å². The predicted octanol–water partition coefficient (Wildman–Crippen LogP) is 4.21. The summed E-state index contributed by atoms with van der Waals surface area (Å²) in [7, 11) is 0. The minimum atomic E-state index is 0.0741. The number of aryl methyl sites for hydroxylation is 1. The maximum Gasteiger partial charge on any atom is 0.171 e. The predicted molar refractivity (Wildman–Crippen MR) is 92.2 cm³/mol. The fourth-order valence-electron chi connectivity index (χ4n) is 2.30. The molecule has 0 aromatic heterocycles. The van der Waals surface area contributed by atoms with Crippen LogP contribution < -0.4 is 10.6 Å². The molecule has 4 heteroatoms. The summed E-state index contributed by atoms with van der Waals surface area (Å²) in [4.78, 5) is 0.